The number of hydrogen-bond donors (Lipinski definition) is 0. The lowest BCUT2D eigenvalue weighted by molar-refractivity contribution is -0.187. The van der Waals surface area contributed by atoms with Crippen LogP contribution in [0.1, 0.15) is 38.0 Å². The predicted molar refractivity (Wildman–Crippen MR) is 128 cm³/mol. The first-order valence-corrected chi connectivity index (χ1v) is 11.5. The molecule has 4 atom stereocenters. The molecule has 3 aromatic rings. The van der Waals surface area contributed by atoms with Gasteiger partial charge in [0.15, 0.2) is 6.10 Å². The van der Waals surface area contributed by atoms with E-state index in [1.54, 1.807) is 91.0 Å². The van der Waals surface area contributed by atoms with Gasteiger partial charge in [-0.15, -0.1) is 0 Å². The fraction of sp³-hybridized carbons (Fsp3) is 0.214. The Balaban J connectivity index is 1.58. The third kappa shape index (κ3) is 6.59. The van der Waals surface area contributed by atoms with Gasteiger partial charge in [-0.2, -0.15) is 0 Å². The zero-order valence-corrected chi connectivity index (χ0v) is 19.9. The zero-order valence-electron chi connectivity index (χ0n) is 19.9. The summed E-state index contributed by atoms with van der Waals surface area (Å²) < 4.78 is 27.7. The molecule has 0 aliphatic carbocycles. The molecule has 1 aliphatic heterocycles. The number of benzene rings is 3. The molecule has 9 heteroatoms. The average molecular weight is 504 g/mol. The maximum atomic E-state index is 12.9. The van der Waals surface area contributed by atoms with Crippen molar-refractivity contribution >= 4 is 23.9 Å². The molecule has 37 heavy (non-hydrogen) atoms. The molecule has 3 aromatic carbocycles. The van der Waals surface area contributed by atoms with Crippen molar-refractivity contribution in [2.45, 2.75) is 31.5 Å². The maximum absolute atomic E-state index is 12.9. The minimum Gasteiger partial charge on any atom is -0.459 e. The van der Waals surface area contributed by atoms with Crippen LogP contribution in [0.5, 0.6) is 0 Å². The summed E-state index contributed by atoms with van der Waals surface area (Å²) in [6.07, 6.45) is -5.09. The van der Waals surface area contributed by atoms with E-state index in [2.05, 4.69) is 0 Å². The van der Waals surface area contributed by atoms with Crippen LogP contribution in [0.3, 0.4) is 0 Å². The zero-order chi connectivity index (χ0) is 26.2. The Morgan fingerprint density at radius 3 is 1.51 bits per heavy atom. The van der Waals surface area contributed by atoms with E-state index in [1.165, 1.54) is 0 Å². The summed E-state index contributed by atoms with van der Waals surface area (Å²) in [4.78, 5) is 50.0. The SMILES string of the molecule is CC(=O)O[C@H]1OC(COC(=O)c2ccccc2)[C@@H](OC(=O)c2ccccc2)[C@@H]1OC(=O)c1ccccc1. The van der Waals surface area contributed by atoms with Gasteiger partial charge in [-0.25, -0.2) is 14.4 Å². The van der Waals surface area contributed by atoms with E-state index in [1.807, 2.05) is 0 Å². The second-order valence-corrected chi connectivity index (χ2v) is 8.09. The minimum atomic E-state index is -1.40. The van der Waals surface area contributed by atoms with Crippen LogP contribution in [0, 0.1) is 0 Å². The topological polar surface area (TPSA) is 114 Å². The third-order valence-corrected chi connectivity index (χ3v) is 5.44. The highest BCUT2D eigenvalue weighted by atomic mass is 16.8. The molecule has 0 N–H and O–H groups in total. The van der Waals surface area contributed by atoms with Crippen LogP contribution < -0.4 is 0 Å². The van der Waals surface area contributed by atoms with Crippen molar-refractivity contribution in [3.8, 4) is 0 Å². The fourth-order valence-electron chi connectivity index (χ4n) is 3.70. The van der Waals surface area contributed by atoms with Crippen molar-refractivity contribution in [2.24, 2.45) is 0 Å². The number of carbonyl (C=O) groups is 4. The largest absolute Gasteiger partial charge is 0.459 e. The van der Waals surface area contributed by atoms with Gasteiger partial charge in [0.25, 0.3) is 0 Å². The summed E-state index contributed by atoms with van der Waals surface area (Å²) in [6.45, 7) is 0.796. The lowest BCUT2D eigenvalue weighted by Crippen LogP contribution is -2.42. The van der Waals surface area contributed by atoms with Gasteiger partial charge >= 0.3 is 23.9 Å². The van der Waals surface area contributed by atoms with Crippen LogP contribution in [-0.2, 0) is 28.5 Å². The molecule has 0 spiro atoms. The van der Waals surface area contributed by atoms with Gasteiger partial charge in [-0.1, -0.05) is 54.6 Å². The monoisotopic (exact) mass is 504 g/mol. The normalized spacial score (nSPS) is 20.5. The van der Waals surface area contributed by atoms with E-state index < -0.39 is 48.5 Å². The number of rotatable bonds is 8. The van der Waals surface area contributed by atoms with Crippen molar-refractivity contribution in [3.63, 3.8) is 0 Å². The van der Waals surface area contributed by atoms with Crippen LogP contribution in [0.25, 0.3) is 0 Å². The Bertz CT molecular complexity index is 1230. The quantitative estimate of drug-likeness (QED) is 0.335. The van der Waals surface area contributed by atoms with Gasteiger partial charge in [0.05, 0.1) is 16.7 Å². The number of ether oxygens (including phenoxy) is 5. The van der Waals surface area contributed by atoms with E-state index >= 15 is 0 Å². The maximum Gasteiger partial charge on any atom is 0.338 e. The molecule has 0 radical (unpaired) electrons. The molecule has 0 amide bonds. The molecule has 0 saturated carbocycles. The number of esters is 4. The molecule has 1 fully saturated rings. The molecular weight excluding hydrogens is 480 g/mol. The summed E-state index contributed by atoms with van der Waals surface area (Å²) in [7, 11) is 0. The minimum absolute atomic E-state index is 0.233. The van der Waals surface area contributed by atoms with Gasteiger partial charge < -0.3 is 23.7 Å². The van der Waals surface area contributed by atoms with Gasteiger partial charge in [-0.3, -0.25) is 4.79 Å². The number of carbonyl (C=O) groups excluding carboxylic acids is 4. The Kier molecular flexibility index (Phi) is 8.27. The standard InChI is InChI=1S/C28H24O9/c1-18(29)34-28-24(37-27(32)21-15-9-4-10-16-21)23(36-26(31)20-13-7-3-8-14-20)22(35-28)17-33-25(30)19-11-5-2-6-12-19/h2-16,22-24,28H,17H2,1H3/t22?,23-,24+,28+/m1/s1. The Morgan fingerprint density at radius 2 is 1.05 bits per heavy atom. The Labute approximate surface area is 212 Å². The fourth-order valence-corrected chi connectivity index (χ4v) is 3.70. The molecular formula is C28H24O9. The molecule has 0 aromatic heterocycles. The Morgan fingerprint density at radius 1 is 0.622 bits per heavy atom. The van der Waals surface area contributed by atoms with Crippen molar-refractivity contribution in [2.75, 3.05) is 6.61 Å². The average Bonchev–Trinajstić information content (AvgIpc) is 3.23. The lowest BCUT2D eigenvalue weighted by Gasteiger charge is -2.24. The second-order valence-electron chi connectivity index (χ2n) is 8.09. The summed E-state index contributed by atoms with van der Waals surface area (Å²) in [5.74, 6) is -2.81. The van der Waals surface area contributed by atoms with Crippen molar-refractivity contribution < 1.29 is 42.9 Å². The summed E-state index contributed by atoms with van der Waals surface area (Å²) in [5.41, 5.74) is 0.782. The molecule has 190 valence electrons. The van der Waals surface area contributed by atoms with Crippen molar-refractivity contribution in [1.29, 1.82) is 0 Å². The highest BCUT2D eigenvalue weighted by Gasteiger charge is 2.52. The first-order chi connectivity index (χ1) is 17.9. The predicted octanol–water partition coefficient (Wildman–Crippen LogP) is 3.58. The summed E-state index contributed by atoms with van der Waals surface area (Å²) in [6, 6.07) is 24.6. The number of hydrogen-bond acceptors (Lipinski definition) is 9. The van der Waals surface area contributed by atoms with Crippen LogP contribution >= 0.6 is 0 Å². The van der Waals surface area contributed by atoms with Gasteiger partial charge in [0, 0.05) is 6.92 Å². The molecule has 0 bridgehead atoms. The smallest absolute Gasteiger partial charge is 0.338 e. The molecule has 9 nitrogen and oxygen atoms in total. The van der Waals surface area contributed by atoms with E-state index in [0.29, 0.717) is 5.56 Å². The third-order valence-electron chi connectivity index (χ3n) is 5.44. The van der Waals surface area contributed by atoms with Crippen LogP contribution in [0.4, 0.5) is 0 Å². The van der Waals surface area contributed by atoms with Crippen LogP contribution in [0.15, 0.2) is 91.0 Å². The Hall–Kier alpha value is -4.50. The molecule has 4 rings (SSSR count). The van der Waals surface area contributed by atoms with Gasteiger partial charge in [0.2, 0.25) is 12.4 Å². The van der Waals surface area contributed by atoms with Crippen LogP contribution in [-0.4, -0.2) is 55.1 Å². The summed E-state index contributed by atoms with van der Waals surface area (Å²) >= 11 is 0. The van der Waals surface area contributed by atoms with Crippen molar-refractivity contribution in [3.05, 3.63) is 108 Å². The van der Waals surface area contributed by atoms with Crippen molar-refractivity contribution in [1.82, 2.24) is 0 Å². The van der Waals surface area contributed by atoms with Crippen LogP contribution in [0.2, 0.25) is 0 Å². The molecule has 1 unspecified atom stereocenters. The van der Waals surface area contributed by atoms with Gasteiger partial charge in [0.1, 0.15) is 12.7 Å². The van der Waals surface area contributed by atoms with Gasteiger partial charge in [-0.05, 0) is 36.4 Å². The summed E-state index contributed by atoms with van der Waals surface area (Å²) in [5, 5.41) is 0. The van der Waals surface area contributed by atoms with E-state index in [4.69, 9.17) is 23.7 Å². The molecule has 1 saturated heterocycles. The first kappa shape index (κ1) is 25.6. The van der Waals surface area contributed by atoms with E-state index in [0.717, 1.165) is 6.92 Å². The highest BCUT2D eigenvalue weighted by molar-refractivity contribution is 5.91. The second kappa shape index (κ2) is 12.0. The first-order valence-electron chi connectivity index (χ1n) is 11.5. The van der Waals surface area contributed by atoms with E-state index in [-0.39, 0.29) is 17.7 Å². The molecule has 1 aliphatic rings. The lowest BCUT2D eigenvalue weighted by atomic mass is 10.1. The molecule has 1 heterocycles. The highest BCUT2D eigenvalue weighted by Crippen LogP contribution is 2.30. The van der Waals surface area contributed by atoms with E-state index in [9.17, 15) is 19.2 Å².